The summed E-state index contributed by atoms with van der Waals surface area (Å²) in [5.74, 6) is 0. The standard InChI is InChI=1S/C19H32NOSi/c1-5-8-14-20(15-9-6-2)16-22(17-21-4)19-12-10-18(7-3)11-13-19/h7,10-13H,3,5-6,8-9,14-17H2,1-2,4H3. The van der Waals surface area contributed by atoms with Crippen LogP contribution in [0.25, 0.3) is 6.08 Å². The van der Waals surface area contributed by atoms with Gasteiger partial charge in [0.1, 0.15) is 8.80 Å². The maximum absolute atomic E-state index is 5.52. The van der Waals surface area contributed by atoms with Crippen LogP contribution in [-0.2, 0) is 4.74 Å². The number of methoxy groups -OCH3 is 1. The van der Waals surface area contributed by atoms with Crippen molar-refractivity contribution in [2.45, 2.75) is 39.5 Å². The van der Waals surface area contributed by atoms with Gasteiger partial charge in [-0.3, -0.25) is 0 Å². The predicted octanol–water partition coefficient (Wildman–Crippen LogP) is 3.66. The van der Waals surface area contributed by atoms with Gasteiger partial charge >= 0.3 is 0 Å². The summed E-state index contributed by atoms with van der Waals surface area (Å²) >= 11 is 0. The first kappa shape index (κ1) is 19.1. The van der Waals surface area contributed by atoms with Gasteiger partial charge in [0.05, 0.1) is 0 Å². The van der Waals surface area contributed by atoms with Gasteiger partial charge in [-0.15, -0.1) is 0 Å². The Labute approximate surface area is 138 Å². The molecule has 0 saturated carbocycles. The van der Waals surface area contributed by atoms with E-state index in [0.717, 1.165) is 6.23 Å². The summed E-state index contributed by atoms with van der Waals surface area (Å²) in [7, 11) is 1.14. The number of nitrogens with zero attached hydrogens (tertiary/aromatic N) is 1. The van der Waals surface area contributed by atoms with Crippen LogP contribution in [0.1, 0.15) is 45.1 Å². The Kier molecular flexibility index (Phi) is 10.1. The molecule has 123 valence electrons. The van der Waals surface area contributed by atoms with Crippen LogP contribution in [0.5, 0.6) is 0 Å². The lowest BCUT2D eigenvalue weighted by atomic mass is 10.2. The molecule has 0 heterocycles. The van der Waals surface area contributed by atoms with Crippen LogP contribution in [0.15, 0.2) is 30.8 Å². The number of rotatable bonds is 12. The van der Waals surface area contributed by atoms with Crippen LogP contribution in [0, 0.1) is 0 Å². The highest BCUT2D eigenvalue weighted by Crippen LogP contribution is 2.04. The van der Waals surface area contributed by atoms with E-state index in [-0.39, 0.29) is 0 Å². The fraction of sp³-hybridized carbons (Fsp3) is 0.579. The Balaban J connectivity index is 2.74. The lowest BCUT2D eigenvalue weighted by molar-refractivity contribution is 0.243. The van der Waals surface area contributed by atoms with E-state index in [4.69, 9.17) is 4.74 Å². The zero-order chi connectivity index (χ0) is 16.2. The number of ether oxygens (including phenoxy) is 1. The molecule has 2 nitrogen and oxygen atoms in total. The molecule has 0 atom stereocenters. The van der Waals surface area contributed by atoms with Crippen LogP contribution >= 0.6 is 0 Å². The number of unbranched alkanes of at least 4 members (excludes halogenated alkanes) is 2. The first-order valence-electron chi connectivity index (χ1n) is 8.54. The smallest absolute Gasteiger partial charge is 0.132 e. The van der Waals surface area contributed by atoms with Crippen molar-refractivity contribution < 1.29 is 4.74 Å². The average molecular weight is 319 g/mol. The Morgan fingerprint density at radius 3 is 2.14 bits per heavy atom. The van der Waals surface area contributed by atoms with Gasteiger partial charge < -0.3 is 9.64 Å². The fourth-order valence-corrected chi connectivity index (χ4v) is 4.84. The molecule has 0 aliphatic heterocycles. The van der Waals surface area contributed by atoms with Crippen LogP contribution in [0.3, 0.4) is 0 Å². The van der Waals surface area contributed by atoms with Crippen molar-refractivity contribution in [3.8, 4) is 0 Å². The van der Waals surface area contributed by atoms with Gasteiger partial charge in [0, 0.05) is 13.3 Å². The van der Waals surface area contributed by atoms with Crippen LogP contribution in [0.2, 0.25) is 0 Å². The van der Waals surface area contributed by atoms with Gasteiger partial charge in [0.15, 0.2) is 0 Å². The lowest BCUT2D eigenvalue weighted by Gasteiger charge is -2.26. The Morgan fingerprint density at radius 2 is 1.68 bits per heavy atom. The third-order valence-corrected chi connectivity index (χ3v) is 6.56. The van der Waals surface area contributed by atoms with Gasteiger partial charge in [-0.1, -0.05) is 68.8 Å². The lowest BCUT2D eigenvalue weighted by Crippen LogP contribution is -2.47. The number of hydrogen-bond acceptors (Lipinski definition) is 2. The maximum Gasteiger partial charge on any atom is 0.132 e. The minimum Gasteiger partial charge on any atom is -0.388 e. The zero-order valence-electron chi connectivity index (χ0n) is 14.6. The van der Waals surface area contributed by atoms with E-state index in [1.807, 2.05) is 13.2 Å². The monoisotopic (exact) mass is 318 g/mol. The maximum atomic E-state index is 5.52. The molecule has 0 spiro atoms. The molecule has 1 rings (SSSR count). The topological polar surface area (TPSA) is 12.5 Å². The van der Waals surface area contributed by atoms with Gasteiger partial charge in [0.2, 0.25) is 0 Å². The number of benzene rings is 1. The minimum atomic E-state index is -0.687. The predicted molar refractivity (Wildman–Crippen MR) is 100 cm³/mol. The molecule has 0 bridgehead atoms. The highest BCUT2D eigenvalue weighted by Gasteiger charge is 2.18. The molecule has 22 heavy (non-hydrogen) atoms. The fourth-order valence-electron chi connectivity index (χ4n) is 2.55. The van der Waals surface area contributed by atoms with E-state index in [2.05, 4.69) is 49.6 Å². The molecule has 1 radical (unpaired) electrons. The van der Waals surface area contributed by atoms with Crippen LogP contribution in [-0.4, -0.2) is 46.3 Å². The van der Waals surface area contributed by atoms with Crippen molar-refractivity contribution >= 4 is 20.1 Å². The molecule has 0 aliphatic carbocycles. The minimum absolute atomic E-state index is 0.687. The van der Waals surface area contributed by atoms with Crippen molar-refractivity contribution in [3.05, 3.63) is 36.4 Å². The van der Waals surface area contributed by atoms with Gasteiger partial charge in [-0.25, -0.2) is 0 Å². The molecule has 0 aliphatic rings. The summed E-state index contributed by atoms with van der Waals surface area (Å²) in [6.45, 7) is 10.8. The van der Waals surface area contributed by atoms with E-state index in [0.29, 0.717) is 0 Å². The molecule has 1 aromatic carbocycles. The molecular formula is C19H32NOSi. The zero-order valence-corrected chi connectivity index (χ0v) is 15.6. The molecular weight excluding hydrogens is 286 g/mol. The Bertz CT molecular complexity index is 396. The average Bonchev–Trinajstić information content (AvgIpc) is 2.56. The summed E-state index contributed by atoms with van der Waals surface area (Å²) in [4.78, 5) is 2.65. The van der Waals surface area contributed by atoms with Crippen molar-refractivity contribution in [2.75, 3.05) is 32.6 Å². The normalized spacial score (nSPS) is 11.3. The summed E-state index contributed by atoms with van der Waals surface area (Å²) < 4.78 is 5.52. The van der Waals surface area contributed by atoms with E-state index in [1.165, 1.54) is 55.7 Å². The van der Waals surface area contributed by atoms with Crippen LogP contribution in [0.4, 0.5) is 0 Å². The van der Waals surface area contributed by atoms with E-state index in [1.54, 1.807) is 0 Å². The van der Waals surface area contributed by atoms with Crippen molar-refractivity contribution in [3.63, 3.8) is 0 Å². The van der Waals surface area contributed by atoms with Crippen molar-refractivity contribution in [1.29, 1.82) is 0 Å². The SMILES string of the molecule is C=Cc1ccc([Si](COC)CN(CCCC)CCCC)cc1. The second-order valence-corrected chi connectivity index (χ2v) is 8.24. The highest BCUT2D eigenvalue weighted by molar-refractivity contribution is 6.73. The van der Waals surface area contributed by atoms with Crippen LogP contribution < -0.4 is 5.19 Å². The van der Waals surface area contributed by atoms with Gasteiger partial charge in [-0.05, 0) is 37.7 Å². The molecule has 1 aromatic rings. The molecule has 0 N–H and O–H groups in total. The first-order chi connectivity index (χ1) is 10.7. The molecule has 0 fully saturated rings. The Hall–Kier alpha value is -0.903. The van der Waals surface area contributed by atoms with Crippen molar-refractivity contribution in [1.82, 2.24) is 4.90 Å². The molecule has 0 aromatic heterocycles. The van der Waals surface area contributed by atoms with E-state index >= 15 is 0 Å². The highest BCUT2D eigenvalue weighted by atomic mass is 28.3. The summed E-state index contributed by atoms with van der Waals surface area (Å²) in [5, 5.41) is 1.47. The molecule has 0 saturated heterocycles. The van der Waals surface area contributed by atoms with Gasteiger partial charge in [0.25, 0.3) is 0 Å². The molecule has 0 unspecified atom stereocenters. The largest absolute Gasteiger partial charge is 0.388 e. The Morgan fingerprint density at radius 1 is 1.09 bits per heavy atom. The second-order valence-electron chi connectivity index (χ2n) is 5.85. The summed E-state index contributed by atoms with van der Waals surface area (Å²) in [6.07, 6.45) is 9.09. The third kappa shape index (κ3) is 6.90. The summed E-state index contributed by atoms with van der Waals surface area (Å²) in [6, 6.07) is 8.88. The summed E-state index contributed by atoms with van der Waals surface area (Å²) in [5.41, 5.74) is 1.19. The third-order valence-electron chi connectivity index (χ3n) is 3.94. The van der Waals surface area contributed by atoms with Crippen molar-refractivity contribution in [2.24, 2.45) is 0 Å². The molecule has 0 amide bonds. The first-order valence-corrected chi connectivity index (χ1v) is 10.4. The van der Waals surface area contributed by atoms with E-state index < -0.39 is 8.80 Å². The van der Waals surface area contributed by atoms with Gasteiger partial charge in [-0.2, -0.15) is 0 Å². The second kappa shape index (κ2) is 11.6. The number of hydrogen-bond donors (Lipinski definition) is 0. The quantitative estimate of drug-likeness (QED) is 0.545. The van der Waals surface area contributed by atoms with E-state index in [9.17, 15) is 0 Å². The molecule has 3 heteroatoms.